The SMILES string of the molecule is O=C1/C(=C\c2cc(N=Nc3ccccc3Cl)ccc2O)SC(=S)N1Cc1ccccc1. The Bertz CT molecular complexity index is 1210. The summed E-state index contributed by atoms with van der Waals surface area (Å²) in [6.45, 7) is 0.404. The lowest BCUT2D eigenvalue weighted by atomic mass is 10.1. The van der Waals surface area contributed by atoms with Gasteiger partial charge in [-0.15, -0.1) is 5.11 Å². The minimum absolute atomic E-state index is 0.0324. The van der Waals surface area contributed by atoms with E-state index in [0.717, 1.165) is 5.56 Å². The van der Waals surface area contributed by atoms with Crippen LogP contribution < -0.4 is 0 Å². The Morgan fingerprint density at radius 1 is 1.03 bits per heavy atom. The number of carbonyl (C=O) groups is 1. The monoisotopic (exact) mass is 465 g/mol. The van der Waals surface area contributed by atoms with Gasteiger partial charge in [0.15, 0.2) is 0 Å². The molecule has 4 rings (SSSR count). The number of halogens is 1. The molecule has 0 bridgehead atoms. The highest BCUT2D eigenvalue weighted by molar-refractivity contribution is 8.26. The molecule has 3 aromatic carbocycles. The summed E-state index contributed by atoms with van der Waals surface area (Å²) in [4.78, 5) is 14.9. The number of benzene rings is 3. The van der Waals surface area contributed by atoms with Crippen molar-refractivity contribution in [3.8, 4) is 5.75 Å². The molecule has 1 amide bonds. The number of phenols is 1. The van der Waals surface area contributed by atoms with Crippen LogP contribution in [0.4, 0.5) is 11.4 Å². The lowest BCUT2D eigenvalue weighted by Gasteiger charge is -2.14. The van der Waals surface area contributed by atoms with Crippen LogP contribution in [-0.4, -0.2) is 20.2 Å². The maximum absolute atomic E-state index is 12.9. The second-order valence-electron chi connectivity index (χ2n) is 6.65. The number of nitrogens with zero attached hydrogens (tertiary/aromatic N) is 3. The number of hydrogen-bond acceptors (Lipinski definition) is 6. The van der Waals surface area contributed by atoms with Gasteiger partial charge in [-0.25, -0.2) is 0 Å². The van der Waals surface area contributed by atoms with E-state index in [-0.39, 0.29) is 11.7 Å². The zero-order valence-electron chi connectivity index (χ0n) is 16.1. The van der Waals surface area contributed by atoms with Crippen LogP contribution in [0.1, 0.15) is 11.1 Å². The molecular weight excluding hydrogens is 450 g/mol. The molecule has 31 heavy (non-hydrogen) atoms. The van der Waals surface area contributed by atoms with Gasteiger partial charge in [-0.05, 0) is 42.0 Å². The number of phenolic OH excluding ortho intramolecular Hbond substituents is 1. The van der Waals surface area contributed by atoms with Crippen LogP contribution in [-0.2, 0) is 11.3 Å². The Morgan fingerprint density at radius 2 is 1.77 bits per heavy atom. The van der Waals surface area contributed by atoms with Crippen molar-refractivity contribution in [3.63, 3.8) is 0 Å². The third-order valence-electron chi connectivity index (χ3n) is 4.48. The summed E-state index contributed by atoms with van der Waals surface area (Å²) < 4.78 is 0.481. The third kappa shape index (κ3) is 5.02. The summed E-state index contributed by atoms with van der Waals surface area (Å²) in [6, 6.07) is 21.6. The molecule has 3 aromatic rings. The summed E-state index contributed by atoms with van der Waals surface area (Å²) in [7, 11) is 0. The molecule has 1 aliphatic rings. The van der Waals surface area contributed by atoms with Gasteiger partial charge >= 0.3 is 0 Å². The van der Waals surface area contributed by atoms with Crippen molar-refractivity contribution in [2.75, 3.05) is 0 Å². The Hall–Kier alpha value is -3.00. The van der Waals surface area contributed by atoms with E-state index in [1.54, 1.807) is 35.2 Å². The molecule has 0 aromatic heterocycles. The largest absolute Gasteiger partial charge is 0.507 e. The first kappa shape index (κ1) is 21.2. The fourth-order valence-corrected chi connectivity index (χ4v) is 4.33. The molecular formula is C23H16ClN3O2S2. The lowest BCUT2D eigenvalue weighted by Crippen LogP contribution is -2.27. The molecule has 0 unspecified atom stereocenters. The maximum Gasteiger partial charge on any atom is 0.266 e. The van der Waals surface area contributed by atoms with Crippen LogP contribution in [0.15, 0.2) is 87.9 Å². The quantitative estimate of drug-likeness (QED) is 0.254. The number of thioether (sulfide) groups is 1. The minimum atomic E-state index is -0.193. The fourth-order valence-electron chi connectivity index (χ4n) is 2.91. The molecule has 1 heterocycles. The first-order valence-corrected chi connectivity index (χ1v) is 10.9. The number of amides is 1. The van der Waals surface area contributed by atoms with Crippen molar-refractivity contribution in [2.24, 2.45) is 10.2 Å². The highest BCUT2D eigenvalue weighted by Crippen LogP contribution is 2.36. The Labute approximate surface area is 194 Å². The first-order chi connectivity index (χ1) is 15.0. The standard InChI is InChI=1S/C23H16ClN3O2S2/c24-18-8-4-5-9-19(18)26-25-17-10-11-20(28)16(12-17)13-21-22(29)27(23(30)31-21)14-15-6-2-1-3-7-15/h1-13,28H,14H2/b21-13+,26-25?. The highest BCUT2D eigenvalue weighted by Gasteiger charge is 2.32. The Balaban J connectivity index is 1.57. The average molecular weight is 466 g/mol. The van der Waals surface area contributed by atoms with Crippen LogP contribution in [0.25, 0.3) is 6.08 Å². The molecule has 1 N–H and O–H groups in total. The molecule has 0 radical (unpaired) electrons. The van der Waals surface area contributed by atoms with E-state index < -0.39 is 0 Å². The first-order valence-electron chi connectivity index (χ1n) is 9.30. The van der Waals surface area contributed by atoms with Crippen molar-refractivity contribution in [3.05, 3.63) is 93.9 Å². The maximum atomic E-state index is 12.9. The van der Waals surface area contributed by atoms with E-state index >= 15 is 0 Å². The zero-order chi connectivity index (χ0) is 21.8. The number of rotatable bonds is 5. The molecule has 0 aliphatic carbocycles. The Kier molecular flexibility index (Phi) is 6.46. The highest BCUT2D eigenvalue weighted by atomic mass is 35.5. The van der Waals surface area contributed by atoms with Gasteiger partial charge in [0.1, 0.15) is 15.8 Å². The van der Waals surface area contributed by atoms with Gasteiger partial charge in [0.05, 0.1) is 22.2 Å². The summed E-state index contributed by atoms with van der Waals surface area (Å²) in [5.74, 6) is -0.161. The van der Waals surface area contributed by atoms with Crippen molar-refractivity contribution in [1.29, 1.82) is 0 Å². The predicted molar refractivity (Wildman–Crippen MR) is 129 cm³/mol. The molecule has 0 spiro atoms. The summed E-state index contributed by atoms with van der Waals surface area (Å²) >= 11 is 12.7. The predicted octanol–water partition coefficient (Wildman–Crippen LogP) is 6.86. The summed E-state index contributed by atoms with van der Waals surface area (Å²) in [6.07, 6.45) is 1.62. The molecule has 154 valence electrons. The van der Waals surface area contributed by atoms with Crippen molar-refractivity contribution in [1.82, 2.24) is 4.90 Å². The van der Waals surface area contributed by atoms with Gasteiger partial charge in [0.25, 0.3) is 5.91 Å². The summed E-state index contributed by atoms with van der Waals surface area (Å²) in [5.41, 5.74) is 2.50. The second-order valence-corrected chi connectivity index (χ2v) is 8.73. The van der Waals surface area contributed by atoms with Crippen LogP contribution >= 0.6 is 35.6 Å². The van der Waals surface area contributed by atoms with Crippen LogP contribution in [0, 0.1) is 0 Å². The van der Waals surface area contributed by atoms with E-state index in [1.807, 2.05) is 42.5 Å². The molecule has 1 saturated heterocycles. The number of carbonyl (C=O) groups excluding carboxylic acids is 1. The van der Waals surface area contributed by atoms with E-state index in [1.165, 1.54) is 17.8 Å². The topological polar surface area (TPSA) is 65.3 Å². The number of hydrogen-bond donors (Lipinski definition) is 1. The molecule has 0 atom stereocenters. The van der Waals surface area contributed by atoms with E-state index in [0.29, 0.717) is 37.7 Å². The van der Waals surface area contributed by atoms with Crippen molar-refractivity contribution >= 4 is 63.3 Å². The van der Waals surface area contributed by atoms with E-state index in [4.69, 9.17) is 23.8 Å². The van der Waals surface area contributed by atoms with E-state index in [9.17, 15) is 9.90 Å². The van der Waals surface area contributed by atoms with Gasteiger partial charge in [0.2, 0.25) is 0 Å². The number of azo groups is 1. The smallest absolute Gasteiger partial charge is 0.266 e. The zero-order valence-corrected chi connectivity index (χ0v) is 18.5. The molecule has 8 heteroatoms. The average Bonchev–Trinajstić information content (AvgIpc) is 3.03. The van der Waals surface area contributed by atoms with Crippen molar-refractivity contribution < 1.29 is 9.90 Å². The van der Waals surface area contributed by atoms with Gasteiger partial charge in [-0.2, -0.15) is 5.11 Å². The fraction of sp³-hybridized carbons (Fsp3) is 0.0435. The minimum Gasteiger partial charge on any atom is -0.507 e. The van der Waals surface area contributed by atoms with Gasteiger partial charge in [-0.1, -0.05) is 78.0 Å². The van der Waals surface area contributed by atoms with Crippen molar-refractivity contribution in [2.45, 2.75) is 6.54 Å². The van der Waals surface area contributed by atoms with Gasteiger partial charge in [-0.3, -0.25) is 9.69 Å². The van der Waals surface area contributed by atoms with E-state index in [2.05, 4.69) is 10.2 Å². The Morgan fingerprint density at radius 3 is 2.55 bits per heavy atom. The second kappa shape index (κ2) is 9.43. The van der Waals surface area contributed by atoms with Crippen LogP contribution in [0.2, 0.25) is 5.02 Å². The van der Waals surface area contributed by atoms with Gasteiger partial charge in [0, 0.05) is 5.56 Å². The molecule has 1 fully saturated rings. The molecule has 1 aliphatic heterocycles. The lowest BCUT2D eigenvalue weighted by molar-refractivity contribution is -0.122. The van der Waals surface area contributed by atoms with Crippen LogP contribution in [0.3, 0.4) is 0 Å². The normalized spacial score (nSPS) is 15.4. The van der Waals surface area contributed by atoms with Gasteiger partial charge < -0.3 is 5.11 Å². The van der Waals surface area contributed by atoms with Crippen LogP contribution in [0.5, 0.6) is 5.75 Å². The number of thiocarbonyl (C=S) groups is 1. The molecule has 5 nitrogen and oxygen atoms in total. The summed E-state index contributed by atoms with van der Waals surface area (Å²) in [5, 5.41) is 19.1. The number of aromatic hydroxyl groups is 1. The molecule has 0 saturated carbocycles. The third-order valence-corrected chi connectivity index (χ3v) is 6.18.